The predicted molar refractivity (Wildman–Crippen MR) is 308 cm³/mol. The molecule has 7 aliphatic rings. The maximum Gasteiger partial charge on any atom is 0.364 e. The van der Waals surface area contributed by atoms with E-state index in [9.17, 15) is 142 Å². The first-order chi connectivity index (χ1) is 46.4. The Bertz CT molecular complexity index is 2620. The summed E-state index contributed by atoms with van der Waals surface area (Å²) < 4.78 is 77.4. The molecule has 38 atom stereocenters. The number of nitrogens with one attached hydrogen (secondary N) is 1. The minimum Gasteiger partial charge on any atom is -0.477 e. The Morgan fingerprint density at radius 2 is 0.798 bits per heavy atom. The van der Waals surface area contributed by atoms with Gasteiger partial charge in [0.1, 0.15) is 134 Å². The summed E-state index contributed by atoms with van der Waals surface area (Å²) in [6, 6.07) is -2.26. The predicted octanol–water partition coefficient (Wildman–Crippen LogP) is -13.6. The lowest BCUT2D eigenvalue weighted by Gasteiger charge is -2.53. The number of hydrogen-bond donors (Lipinski definition) is 25. The standard InChI is InChI=1S/C57H95NO41/c1-16-21(66)6-55(52(81)82,95-41(16)33(73)24(69)9-59)87-15-30-37(77)46(94-50-39(79)47(36(76)27(12-62)89-50)98-56(53(83)84)7-22(67)17(2)42(96-56)34(74)25(70)10-60)31(58-20(5)65)49(91-30)93-45-29(14-64)90-51(92-44-28(13-63)88-19(4)32(72)38(44)78)40(80)48(45)99-57(54(85)86)8-23(68)18(3)43(97-57)35(75)26(71)11-61/h16-19,21-51,59-64,66-80H,6-15H2,1-5H3,(H,58,65)(H,81,82)(H,83,84)(H,85,86)/t16-,17-,18-,19?,21-,22?,23?,24-,25-,26-,27?,28?,29?,30?,31?,32?,33-,34-,35-,36+,37+,38-,39?,40?,41?,42-,43-,44-,45+,46-,47+,48-,49+,50+,51+,55-,56+,57+/m1/s1. The average Bonchev–Trinajstić information content (AvgIpc) is 0.757. The molecule has 42 nitrogen and oxygen atoms in total. The molecule has 0 spiro atoms. The van der Waals surface area contributed by atoms with Gasteiger partial charge in [-0.05, 0) is 6.92 Å². The molecule has 7 rings (SSSR count). The van der Waals surface area contributed by atoms with Gasteiger partial charge in [-0.1, -0.05) is 20.8 Å². The number of carboxylic acids is 3. The third-order valence-corrected chi connectivity index (χ3v) is 19.3. The number of hydrogen-bond acceptors (Lipinski definition) is 38. The molecule has 99 heavy (non-hydrogen) atoms. The Labute approximate surface area is 562 Å². The SMILES string of the molecule is CC(=O)NC1[C@H](O[C@H]2C(CO)O[C@@H](O[C@@H]3C(CO)OC(C)C(O)[C@H]3O)C(O)[C@H]2O[C@]2(C(=O)O)CC(O)[C@@H](C)[C@H]([C@H](O)[C@H](O)CO)O2)OC(CO[C@]2(C(=O)O)C[C@@H](O)[C@@H](C)C([C@H](O)[C@H](O)CO)O2)[C@H](O)[C@@H]1O[C@@H]1OC(CO)[C@H](O)[C@H](O[C@]2(C(=O)O)CC(O)[C@@H](C)[C@H]([C@H](O)[C@H](O)CO)O2)C1O. The van der Waals surface area contributed by atoms with Crippen LogP contribution in [-0.2, 0) is 80.8 Å². The van der Waals surface area contributed by atoms with Gasteiger partial charge in [0, 0.05) is 43.9 Å². The molecule has 0 saturated carbocycles. The van der Waals surface area contributed by atoms with Gasteiger partial charge in [0.15, 0.2) is 18.9 Å². The van der Waals surface area contributed by atoms with Crippen LogP contribution in [0.15, 0.2) is 0 Å². The molecule has 7 heterocycles. The molecule has 7 fully saturated rings. The first kappa shape index (κ1) is 82.8. The van der Waals surface area contributed by atoms with E-state index in [1.165, 1.54) is 27.7 Å². The normalized spacial score (nSPS) is 46.5. The Kier molecular flexibility index (Phi) is 28.6. The maximum absolute atomic E-state index is 13.8. The van der Waals surface area contributed by atoms with Crippen molar-refractivity contribution < 1.29 is 203 Å². The zero-order valence-corrected chi connectivity index (χ0v) is 54.0. The highest BCUT2D eigenvalue weighted by atomic mass is 16.8. The third-order valence-electron chi connectivity index (χ3n) is 19.3. The average molecular weight is 1450 g/mol. The van der Waals surface area contributed by atoms with E-state index in [1.54, 1.807) is 0 Å². The smallest absolute Gasteiger partial charge is 0.364 e. The summed E-state index contributed by atoms with van der Waals surface area (Å²) in [4.78, 5) is 54.0. The van der Waals surface area contributed by atoms with E-state index in [2.05, 4.69) is 5.32 Å². The van der Waals surface area contributed by atoms with Crippen molar-refractivity contribution in [1.82, 2.24) is 5.32 Å². The second-order valence-corrected chi connectivity index (χ2v) is 26.0. The third kappa shape index (κ3) is 17.3. The van der Waals surface area contributed by atoms with E-state index < -0.39 is 320 Å². The summed E-state index contributed by atoms with van der Waals surface area (Å²) in [5.41, 5.74) is 0. The van der Waals surface area contributed by atoms with Crippen LogP contribution in [0.3, 0.4) is 0 Å². The fourth-order valence-electron chi connectivity index (χ4n) is 13.1. The quantitative estimate of drug-likeness (QED) is 0.0331. The summed E-state index contributed by atoms with van der Waals surface area (Å²) in [5.74, 6) is -21.0. The van der Waals surface area contributed by atoms with Gasteiger partial charge in [-0.2, -0.15) is 0 Å². The monoisotopic (exact) mass is 1450 g/mol. The van der Waals surface area contributed by atoms with Crippen LogP contribution in [0.5, 0.6) is 0 Å². The molecule has 1 amide bonds. The number of carbonyl (C=O) groups excluding carboxylic acids is 1. The molecule has 25 N–H and O–H groups in total. The number of carbonyl (C=O) groups is 4. The highest BCUT2D eigenvalue weighted by molar-refractivity contribution is 5.77. The summed E-state index contributed by atoms with van der Waals surface area (Å²) in [6.45, 7) is -2.49. The van der Waals surface area contributed by atoms with E-state index in [-0.39, 0.29) is 0 Å². The summed E-state index contributed by atoms with van der Waals surface area (Å²) in [7, 11) is 0. The van der Waals surface area contributed by atoms with Crippen LogP contribution in [0.25, 0.3) is 0 Å². The van der Waals surface area contributed by atoms with Crippen LogP contribution in [-0.4, -0.2) is 406 Å². The van der Waals surface area contributed by atoms with E-state index in [0.29, 0.717) is 0 Å². The number of aliphatic hydroxyl groups excluding tert-OH is 21. The van der Waals surface area contributed by atoms with Gasteiger partial charge >= 0.3 is 17.9 Å². The highest BCUT2D eigenvalue weighted by Crippen LogP contribution is 2.45. The van der Waals surface area contributed by atoms with E-state index in [1.807, 2.05) is 0 Å². The van der Waals surface area contributed by atoms with Gasteiger partial charge in [0.05, 0.1) is 89.0 Å². The molecular formula is C57H95NO41. The molecule has 42 heteroatoms. The number of ether oxygens (including phenoxy) is 13. The van der Waals surface area contributed by atoms with Crippen LogP contribution in [0, 0.1) is 17.8 Å². The summed E-state index contributed by atoms with van der Waals surface area (Å²) >= 11 is 0. The first-order valence-electron chi connectivity index (χ1n) is 31.8. The molecule has 0 aromatic heterocycles. The van der Waals surface area contributed by atoms with Crippen LogP contribution < -0.4 is 5.32 Å². The van der Waals surface area contributed by atoms with Crippen LogP contribution in [0.2, 0.25) is 0 Å². The molecular weight excluding hydrogens is 1350 g/mol. The molecule has 12 unspecified atom stereocenters. The summed E-state index contributed by atoms with van der Waals surface area (Å²) in [5, 5.41) is 266. The number of carboxylic acid groups (broad SMARTS) is 3. The molecule has 0 radical (unpaired) electrons. The van der Waals surface area contributed by atoms with Gasteiger partial charge in [-0.25, -0.2) is 14.4 Å². The largest absolute Gasteiger partial charge is 0.477 e. The number of amides is 1. The Morgan fingerprint density at radius 1 is 0.434 bits per heavy atom. The van der Waals surface area contributed by atoms with Crippen molar-refractivity contribution in [2.75, 3.05) is 46.2 Å². The second kappa shape index (κ2) is 34.2. The lowest BCUT2D eigenvalue weighted by molar-refractivity contribution is -0.405. The number of aliphatic carboxylic acids is 3. The van der Waals surface area contributed by atoms with Crippen molar-refractivity contribution in [3.8, 4) is 0 Å². The molecule has 7 saturated heterocycles. The number of rotatable bonds is 29. The van der Waals surface area contributed by atoms with Crippen molar-refractivity contribution in [1.29, 1.82) is 0 Å². The van der Waals surface area contributed by atoms with Crippen molar-refractivity contribution >= 4 is 23.8 Å². The molecule has 7 aliphatic heterocycles. The lowest BCUT2D eigenvalue weighted by Crippen LogP contribution is -2.72. The molecule has 0 aliphatic carbocycles. The summed E-state index contributed by atoms with van der Waals surface area (Å²) in [6.07, 6.45) is -69.5. The van der Waals surface area contributed by atoms with Gasteiger partial charge in [0.2, 0.25) is 5.91 Å². The fourth-order valence-corrected chi connectivity index (χ4v) is 13.1. The van der Waals surface area contributed by atoms with Gasteiger partial charge < -0.3 is 189 Å². The van der Waals surface area contributed by atoms with Crippen molar-refractivity contribution in [2.45, 2.75) is 267 Å². The maximum atomic E-state index is 13.8. The van der Waals surface area contributed by atoms with Crippen LogP contribution in [0.1, 0.15) is 53.9 Å². The second-order valence-electron chi connectivity index (χ2n) is 26.0. The van der Waals surface area contributed by atoms with Gasteiger partial charge in [0.25, 0.3) is 17.4 Å². The molecule has 0 bridgehead atoms. The van der Waals surface area contributed by atoms with E-state index in [0.717, 1.165) is 6.92 Å². The van der Waals surface area contributed by atoms with Gasteiger partial charge in [-0.3, -0.25) is 4.79 Å². The molecule has 0 aromatic carbocycles. The fraction of sp³-hybridized carbons (Fsp3) is 0.930. The Morgan fingerprint density at radius 3 is 1.22 bits per heavy atom. The van der Waals surface area contributed by atoms with Crippen molar-refractivity contribution in [3.63, 3.8) is 0 Å². The minimum absolute atomic E-state index is 0.834. The van der Waals surface area contributed by atoms with E-state index >= 15 is 0 Å². The number of aliphatic hydroxyl groups is 21. The van der Waals surface area contributed by atoms with Crippen LogP contribution >= 0.6 is 0 Å². The first-order valence-corrected chi connectivity index (χ1v) is 31.8. The van der Waals surface area contributed by atoms with Crippen molar-refractivity contribution in [2.24, 2.45) is 17.8 Å². The topological polar surface area (TPSA) is 686 Å². The molecule has 0 aromatic rings. The lowest BCUT2D eigenvalue weighted by atomic mass is 9.84. The molecule has 574 valence electrons. The van der Waals surface area contributed by atoms with Crippen molar-refractivity contribution in [3.05, 3.63) is 0 Å². The zero-order chi connectivity index (χ0) is 74.0. The Balaban J connectivity index is 1.37. The van der Waals surface area contributed by atoms with E-state index in [4.69, 9.17) is 61.6 Å². The highest BCUT2D eigenvalue weighted by Gasteiger charge is 2.64. The van der Waals surface area contributed by atoms with Gasteiger partial charge in [-0.15, -0.1) is 0 Å². The zero-order valence-electron chi connectivity index (χ0n) is 54.0. The minimum atomic E-state index is -3.37. The Hall–Kier alpha value is -3.48. The van der Waals surface area contributed by atoms with Crippen LogP contribution in [0.4, 0.5) is 0 Å².